The Hall–Kier alpha value is -0.680. The molecule has 0 amide bonds. The lowest BCUT2D eigenvalue weighted by Gasteiger charge is -1.83. The average molecular weight is 173 g/mol. The molecule has 0 saturated heterocycles. The fraction of sp³-hybridized carbons (Fsp3) is 0. The van der Waals surface area contributed by atoms with Gasteiger partial charge in [0.05, 0.1) is 11.1 Å². The fourth-order valence-electron chi connectivity index (χ4n) is 0.791. The van der Waals surface area contributed by atoms with Gasteiger partial charge in [0, 0.05) is 0 Å². The highest BCUT2D eigenvalue weighted by Crippen LogP contribution is 2.26. The van der Waals surface area contributed by atoms with Gasteiger partial charge in [0.25, 0.3) is 10.0 Å². The first-order valence-electron chi connectivity index (χ1n) is 2.58. The summed E-state index contributed by atoms with van der Waals surface area (Å²) in [6.45, 7) is 0. The van der Waals surface area contributed by atoms with Gasteiger partial charge in [0.1, 0.15) is 4.90 Å². The first kappa shape index (κ1) is 6.06. The second kappa shape index (κ2) is 1.67. The van der Waals surface area contributed by atoms with Gasteiger partial charge in [-0.1, -0.05) is 0 Å². The summed E-state index contributed by atoms with van der Waals surface area (Å²) in [6, 6.07) is 1.57. The number of thiophene rings is 1. The number of nitrogens with zero attached hydrogens (tertiary/aromatic N) is 1. The van der Waals surface area contributed by atoms with E-state index in [1.54, 1.807) is 11.4 Å². The number of fused-ring (bicyclic) bond motifs is 1. The molecule has 0 unspecified atom stereocenters. The first-order valence-corrected chi connectivity index (χ1v) is 4.90. The number of sulfonamides is 1. The van der Waals surface area contributed by atoms with Gasteiger partial charge < -0.3 is 0 Å². The summed E-state index contributed by atoms with van der Waals surface area (Å²) in [5.74, 6) is 0. The lowest BCUT2D eigenvalue weighted by Crippen LogP contribution is -1.88. The zero-order valence-corrected chi connectivity index (χ0v) is 6.45. The second-order valence-electron chi connectivity index (χ2n) is 1.86. The van der Waals surface area contributed by atoms with E-state index in [0.717, 1.165) is 4.88 Å². The summed E-state index contributed by atoms with van der Waals surface area (Å²) < 4.78 is 25.2. The Labute approximate surface area is 62.1 Å². The van der Waals surface area contributed by atoms with Gasteiger partial charge in [-0.2, -0.15) is 12.8 Å². The molecule has 5 heteroatoms. The molecular formula is C5H3NO2S2. The largest absolute Gasteiger partial charge is 0.283 e. The Morgan fingerprint density at radius 2 is 2.30 bits per heavy atom. The Morgan fingerprint density at radius 1 is 1.50 bits per heavy atom. The van der Waals surface area contributed by atoms with E-state index in [4.69, 9.17) is 0 Å². The molecule has 1 aromatic heterocycles. The molecule has 1 aliphatic heterocycles. The molecule has 1 aliphatic rings. The van der Waals surface area contributed by atoms with Gasteiger partial charge in [-0.15, -0.1) is 11.3 Å². The molecule has 0 aliphatic carbocycles. The first-order chi connectivity index (χ1) is 4.70. The van der Waals surface area contributed by atoms with Crippen LogP contribution in [0.3, 0.4) is 0 Å². The van der Waals surface area contributed by atoms with Crippen LogP contribution in [0.4, 0.5) is 0 Å². The normalized spacial score (nSPS) is 19.2. The van der Waals surface area contributed by atoms with Crippen molar-refractivity contribution in [3.63, 3.8) is 0 Å². The predicted octanol–water partition coefficient (Wildman–Crippen LogP) is 0.869. The zero-order valence-electron chi connectivity index (χ0n) is 4.81. The summed E-state index contributed by atoms with van der Waals surface area (Å²) in [5, 5.41) is 1.74. The van der Waals surface area contributed by atoms with Crippen LogP contribution in [-0.2, 0) is 10.0 Å². The lowest BCUT2D eigenvalue weighted by molar-refractivity contribution is 0.599. The maximum Gasteiger partial charge on any atom is 0.283 e. The molecule has 0 saturated carbocycles. The van der Waals surface area contributed by atoms with Crippen molar-refractivity contribution in [2.45, 2.75) is 4.90 Å². The minimum Gasteiger partial charge on any atom is -0.199 e. The molecule has 1 aromatic rings. The maximum atomic E-state index is 10.9. The molecule has 0 fully saturated rings. The van der Waals surface area contributed by atoms with Gasteiger partial charge in [-0.25, -0.2) is 0 Å². The standard InChI is InChI=1S/C5H3NO2S2/c7-10(8)5-1-2-9-4(5)3-6-10/h1-3H. The van der Waals surface area contributed by atoms with E-state index in [0.29, 0.717) is 4.90 Å². The minimum absolute atomic E-state index is 0.345. The summed E-state index contributed by atoms with van der Waals surface area (Å²) in [7, 11) is -3.28. The Bertz CT molecular complexity index is 388. The van der Waals surface area contributed by atoms with Crippen LogP contribution in [0, 0.1) is 0 Å². The Kier molecular flexibility index (Phi) is 1.01. The zero-order chi connectivity index (χ0) is 7.19. The van der Waals surface area contributed by atoms with Crippen LogP contribution in [0.15, 0.2) is 20.7 Å². The van der Waals surface area contributed by atoms with Crippen molar-refractivity contribution < 1.29 is 8.42 Å². The van der Waals surface area contributed by atoms with E-state index < -0.39 is 10.0 Å². The van der Waals surface area contributed by atoms with Crippen molar-refractivity contribution in [1.29, 1.82) is 0 Å². The predicted molar refractivity (Wildman–Crippen MR) is 39.1 cm³/mol. The highest BCUT2D eigenvalue weighted by molar-refractivity contribution is 7.91. The topological polar surface area (TPSA) is 46.5 Å². The van der Waals surface area contributed by atoms with Crippen LogP contribution in [0.1, 0.15) is 4.88 Å². The van der Waals surface area contributed by atoms with Crippen molar-refractivity contribution in [2.24, 2.45) is 4.40 Å². The van der Waals surface area contributed by atoms with Gasteiger partial charge in [-0.05, 0) is 11.4 Å². The van der Waals surface area contributed by atoms with Crippen LogP contribution < -0.4 is 0 Å². The molecule has 2 rings (SSSR count). The van der Waals surface area contributed by atoms with Crippen molar-refractivity contribution in [1.82, 2.24) is 0 Å². The van der Waals surface area contributed by atoms with Gasteiger partial charge in [-0.3, -0.25) is 0 Å². The molecular weight excluding hydrogens is 170 g/mol. The summed E-state index contributed by atoms with van der Waals surface area (Å²) in [4.78, 5) is 1.08. The molecule has 0 bridgehead atoms. The quantitative estimate of drug-likeness (QED) is 0.584. The van der Waals surface area contributed by atoms with Crippen LogP contribution in [0.2, 0.25) is 0 Å². The molecule has 2 heterocycles. The van der Waals surface area contributed by atoms with Crippen molar-refractivity contribution >= 4 is 27.6 Å². The van der Waals surface area contributed by atoms with Crippen LogP contribution in [0.5, 0.6) is 0 Å². The summed E-state index contributed by atoms with van der Waals surface area (Å²) in [6.07, 6.45) is 1.38. The van der Waals surface area contributed by atoms with E-state index in [1.807, 2.05) is 0 Å². The van der Waals surface area contributed by atoms with Crippen molar-refractivity contribution in [2.75, 3.05) is 0 Å². The third kappa shape index (κ3) is 0.643. The molecule has 3 nitrogen and oxygen atoms in total. The van der Waals surface area contributed by atoms with Crippen LogP contribution in [-0.4, -0.2) is 14.6 Å². The molecule has 0 radical (unpaired) electrons. The number of hydrogen-bond acceptors (Lipinski definition) is 3. The van der Waals surface area contributed by atoms with E-state index >= 15 is 0 Å². The average Bonchev–Trinajstić information content (AvgIpc) is 2.36. The van der Waals surface area contributed by atoms with Gasteiger partial charge in [0.15, 0.2) is 0 Å². The number of hydrogen-bond donors (Lipinski definition) is 0. The molecule has 0 aromatic carbocycles. The third-order valence-electron chi connectivity index (χ3n) is 1.24. The summed E-state index contributed by atoms with van der Waals surface area (Å²) >= 11 is 1.39. The fourth-order valence-corrected chi connectivity index (χ4v) is 2.96. The monoisotopic (exact) mass is 173 g/mol. The number of rotatable bonds is 0. The Balaban J connectivity index is 2.88. The highest BCUT2D eigenvalue weighted by Gasteiger charge is 2.22. The second-order valence-corrected chi connectivity index (χ2v) is 4.41. The third-order valence-corrected chi connectivity index (χ3v) is 3.52. The minimum atomic E-state index is -3.28. The van der Waals surface area contributed by atoms with Crippen LogP contribution in [0.25, 0.3) is 0 Å². The van der Waals surface area contributed by atoms with Crippen molar-refractivity contribution in [3.05, 3.63) is 16.3 Å². The van der Waals surface area contributed by atoms with Gasteiger partial charge >= 0.3 is 0 Å². The molecule has 0 N–H and O–H groups in total. The van der Waals surface area contributed by atoms with Gasteiger partial charge in [0.2, 0.25) is 0 Å². The van der Waals surface area contributed by atoms with E-state index in [2.05, 4.69) is 4.40 Å². The lowest BCUT2D eigenvalue weighted by atomic mass is 10.5. The summed E-state index contributed by atoms with van der Waals surface area (Å²) in [5.41, 5.74) is 0. The highest BCUT2D eigenvalue weighted by atomic mass is 32.2. The van der Waals surface area contributed by atoms with Crippen molar-refractivity contribution in [3.8, 4) is 0 Å². The maximum absolute atomic E-state index is 10.9. The van der Waals surface area contributed by atoms with E-state index in [9.17, 15) is 8.42 Å². The molecule has 10 heavy (non-hydrogen) atoms. The van der Waals surface area contributed by atoms with E-state index in [1.165, 1.54) is 17.6 Å². The molecule has 0 spiro atoms. The SMILES string of the molecule is O=S1(=O)N=Cc2sccc21. The molecule has 0 atom stereocenters. The molecule has 52 valence electrons. The smallest absolute Gasteiger partial charge is 0.199 e. The van der Waals surface area contributed by atoms with Crippen LogP contribution >= 0.6 is 11.3 Å². The van der Waals surface area contributed by atoms with E-state index in [-0.39, 0.29) is 0 Å². The Morgan fingerprint density at radius 3 is 3.00 bits per heavy atom.